The highest BCUT2D eigenvalue weighted by molar-refractivity contribution is 5.92. The van der Waals surface area contributed by atoms with Crippen molar-refractivity contribution in [1.82, 2.24) is 0 Å². The molecule has 0 atom stereocenters. The van der Waals surface area contributed by atoms with Gasteiger partial charge in [0.1, 0.15) is 17.2 Å². The van der Waals surface area contributed by atoms with Crippen LogP contribution in [0.2, 0.25) is 0 Å². The molecule has 3 aromatic carbocycles. The first-order valence-corrected chi connectivity index (χ1v) is 29.2. The fourth-order valence-corrected chi connectivity index (χ4v) is 8.94. The summed E-state index contributed by atoms with van der Waals surface area (Å²) in [5.74, 6) is -4.86. The Labute approximate surface area is 455 Å². The van der Waals surface area contributed by atoms with Gasteiger partial charge in [0.2, 0.25) is 5.75 Å². The first-order chi connectivity index (χ1) is 37.2. The Morgan fingerprint density at radius 2 is 0.592 bits per heavy atom. The lowest BCUT2D eigenvalue weighted by molar-refractivity contribution is -0.138. The van der Waals surface area contributed by atoms with Crippen LogP contribution in [0.5, 0.6) is 23.0 Å². The number of unbranched alkanes of at least 4 members (excludes halogenated alkanes) is 32. The Balaban J connectivity index is 1.15. The summed E-state index contributed by atoms with van der Waals surface area (Å²) in [6.45, 7) is 8.92. The van der Waals surface area contributed by atoms with E-state index in [1.165, 1.54) is 203 Å². The molecule has 0 radical (unpaired) electrons. The number of carbonyl (C=O) groups excluding carboxylic acids is 4. The molecule has 0 amide bonds. The van der Waals surface area contributed by atoms with Gasteiger partial charge in [0.15, 0.2) is 11.6 Å². The van der Waals surface area contributed by atoms with Gasteiger partial charge in [-0.05, 0) is 74.2 Å². The van der Waals surface area contributed by atoms with Crippen LogP contribution in [0.25, 0.3) is 0 Å². The molecular formula is C64H92F2O10. The van der Waals surface area contributed by atoms with Crippen molar-refractivity contribution in [3.05, 3.63) is 109 Å². The largest absolute Gasteiger partial charge is 0.494 e. The summed E-state index contributed by atoms with van der Waals surface area (Å²) >= 11 is 0. The van der Waals surface area contributed by atoms with E-state index in [0.29, 0.717) is 37.9 Å². The molecule has 0 saturated carbocycles. The second kappa shape index (κ2) is 43.6. The molecule has 3 rings (SSSR count). The van der Waals surface area contributed by atoms with E-state index in [1.54, 1.807) is 24.3 Å². The fourth-order valence-electron chi connectivity index (χ4n) is 8.94. The van der Waals surface area contributed by atoms with E-state index < -0.39 is 29.3 Å². The van der Waals surface area contributed by atoms with Crippen molar-refractivity contribution in [3.8, 4) is 23.0 Å². The van der Waals surface area contributed by atoms with Crippen LogP contribution in [-0.4, -0.2) is 50.3 Å². The molecule has 76 heavy (non-hydrogen) atoms. The van der Waals surface area contributed by atoms with Crippen LogP contribution < -0.4 is 18.9 Å². The molecule has 0 aliphatic heterocycles. The lowest BCUT2D eigenvalue weighted by Gasteiger charge is -2.11. The van der Waals surface area contributed by atoms with Gasteiger partial charge < -0.3 is 28.4 Å². The average molecular weight is 1060 g/mol. The summed E-state index contributed by atoms with van der Waals surface area (Å²) in [6.07, 6.45) is 43.8. The zero-order valence-corrected chi connectivity index (χ0v) is 46.1. The number of halogens is 2. The Morgan fingerprint density at radius 1 is 0.342 bits per heavy atom. The first-order valence-electron chi connectivity index (χ1n) is 29.2. The summed E-state index contributed by atoms with van der Waals surface area (Å²) in [7, 11) is 0. The van der Waals surface area contributed by atoms with Gasteiger partial charge in [-0.2, -0.15) is 0 Å². The summed E-state index contributed by atoms with van der Waals surface area (Å²) in [5.41, 5.74) is 0.275. The van der Waals surface area contributed by atoms with Crippen molar-refractivity contribution in [3.63, 3.8) is 0 Å². The third-order valence-electron chi connectivity index (χ3n) is 13.5. The maximum Gasteiger partial charge on any atom is 0.343 e. The molecule has 0 spiro atoms. The first kappa shape index (κ1) is 64.8. The molecule has 10 nitrogen and oxygen atoms in total. The van der Waals surface area contributed by atoms with Crippen molar-refractivity contribution in [2.75, 3.05) is 26.4 Å². The molecule has 0 unspecified atom stereocenters. The molecule has 0 aliphatic rings. The van der Waals surface area contributed by atoms with E-state index in [0.717, 1.165) is 63.5 Å². The Bertz CT molecular complexity index is 2010. The molecule has 0 bridgehead atoms. The van der Waals surface area contributed by atoms with Gasteiger partial charge in [-0.15, -0.1) is 0 Å². The quantitative estimate of drug-likeness (QED) is 0.0234. The van der Waals surface area contributed by atoms with Crippen LogP contribution in [-0.2, 0) is 19.1 Å². The van der Waals surface area contributed by atoms with Gasteiger partial charge in [-0.1, -0.05) is 206 Å². The van der Waals surface area contributed by atoms with E-state index in [-0.39, 0.29) is 28.8 Å². The molecule has 0 saturated heterocycles. The third-order valence-corrected chi connectivity index (χ3v) is 13.5. The number of benzene rings is 3. The summed E-state index contributed by atoms with van der Waals surface area (Å²) in [5, 5.41) is 0. The minimum Gasteiger partial charge on any atom is -0.494 e. The van der Waals surface area contributed by atoms with E-state index in [2.05, 4.69) is 13.2 Å². The topological polar surface area (TPSA) is 124 Å². The number of carbonyl (C=O) groups is 4. The summed E-state index contributed by atoms with van der Waals surface area (Å²) in [4.78, 5) is 47.6. The van der Waals surface area contributed by atoms with E-state index in [4.69, 9.17) is 28.4 Å². The van der Waals surface area contributed by atoms with Crippen LogP contribution in [0, 0.1) is 11.6 Å². The van der Waals surface area contributed by atoms with Crippen LogP contribution >= 0.6 is 0 Å². The van der Waals surface area contributed by atoms with E-state index in [1.807, 2.05) is 0 Å². The Kier molecular flexibility index (Phi) is 37.1. The molecule has 12 heteroatoms. The van der Waals surface area contributed by atoms with Crippen molar-refractivity contribution < 1.29 is 56.4 Å². The molecule has 0 heterocycles. The minimum atomic E-state index is -1.19. The highest BCUT2D eigenvalue weighted by Gasteiger charge is 2.20. The highest BCUT2D eigenvalue weighted by Crippen LogP contribution is 2.29. The fraction of sp³-hybridized carbons (Fsp3) is 0.594. The predicted octanol–water partition coefficient (Wildman–Crippen LogP) is 17.9. The molecule has 3 aromatic rings. The van der Waals surface area contributed by atoms with Crippen molar-refractivity contribution in [2.45, 2.75) is 218 Å². The van der Waals surface area contributed by atoms with Crippen molar-refractivity contribution >= 4 is 23.9 Å². The number of ether oxygens (including phenoxy) is 6. The van der Waals surface area contributed by atoms with Gasteiger partial charge in [-0.3, -0.25) is 0 Å². The lowest BCUT2D eigenvalue weighted by atomic mass is 10.0. The van der Waals surface area contributed by atoms with Gasteiger partial charge in [0, 0.05) is 24.3 Å². The summed E-state index contributed by atoms with van der Waals surface area (Å²) in [6, 6.07) is 14.2. The van der Waals surface area contributed by atoms with E-state index >= 15 is 8.78 Å². The maximum absolute atomic E-state index is 15.0. The predicted molar refractivity (Wildman–Crippen MR) is 299 cm³/mol. The van der Waals surface area contributed by atoms with Gasteiger partial charge in [-0.25, -0.2) is 28.0 Å². The third kappa shape index (κ3) is 32.2. The number of hydrogen-bond donors (Lipinski definition) is 0. The average Bonchev–Trinajstić information content (AvgIpc) is 3.42. The van der Waals surface area contributed by atoms with Gasteiger partial charge >= 0.3 is 23.9 Å². The Morgan fingerprint density at radius 3 is 0.868 bits per heavy atom. The standard InChI is InChI=1S/C64H92F2O10/c1-3-60(67)73-49-37-33-29-25-21-17-13-9-5-7-11-15-19-23-27-31-35-47-71-55-43-39-53(40-44-55)63(69)75-57-51-58(65)62(59(66)52-57)76-64(70)54-41-45-56(46-42-54)72-48-36-32-28-24-20-16-12-8-6-10-14-18-22-26-30-34-38-50-74-61(68)4-2/h3-4,39-46,51-52H,1-2,5-38,47-50H2. The number of hydrogen-bond acceptors (Lipinski definition) is 10. The molecule has 0 fully saturated rings. The number of esters is 4. The van der Waals surface area contributed by atoms with Gasteiger partial charge in [0.05, 0.1) is 37.6 Å². The van der Waals surface area contributed by atoms with Crippen molar-refractivity contribution in [1.29, 1.82) is 0 Å². The second-order valence-corrected chi connectivity index (χ2v) is 20.0. The van der Waals surface area contributed by atoms with E-state index in [9.17, 15) is 19.2 Å². The molecule has 0 aliphatic carbocycles. The smallest absolute Gasteiger partial charge is 0.343 e. The minimum absolute atomic E-state index is 0.0950. The molecule has 422 valence electrons. The molecular weight excluding hydrogens is 967 g/mol. The zero-order valence-electron chi connectivity index (χ0n) is 46.1. The summed E-state index contributed by atoms with van der Waals surface area (Å²) < 4.78 is 62.1. The zero-order chi connectivity index (χ0) is 54.5. The monoisotopic (exact) mass is 1060 g/mol. The lowest BCUT2D eigenvalue weighted by Crippen LogP contribution is -2.12. The van der Waals surface area contributed by atoms with Crippen LogP contribution in [0.3, 0.4) is 0 Å². The SMILES string of the molecule is C=CC(=O)OCCCCCCCCCCCCCCCCCCCOc1ccc(C(=O)Oc2cc(F)c(OC(=O)c3ccc(OCCCCCCCCCCCCCCCCCCCOC(=O)C=C)cc3)c(F)c2)cc1. The van der Waals surface area contributed by atoms with Crippen LogP contribution in [0.15, 0.2) is 86.0 Å². The van der Waals surface area contributed by atoms with Crippen molar-refractivity contribution in [2.24, 2.45) is 0 Å². The molecule has 0 N–H and O–H groups in total. The maximum atomic E-state index is 15.0. The number of rotatable bonds is 48. The van der Waals surface area contributed by atoms with Crippen LogP contribution in [0.4, 0.5) is 8.78 Å². The van der Waals surface area contributed by atoms with Crippen LogP contribution in [0.1, 0.15) is 239 Å². The van der Waals surface area contributed by atoms with Gasteiger partial charge in [0.25, 0.3) is 0 Å². The molecule has 0 aromatic heterocycles. The second-order valence-electron chi connectivity index (χ2n) is 20.0. The highest BCUT2D eigenvalue weighted by atomic mass is 19.1. The normalized spacial score (nSPS) is 11.0. The Hall–Kier alpha value is -5.52.